The number of halogens is 1. The Morgan fingerprint density at radius 3 is 2.33 bits per heavy atom. The highest BCUT2D eigenvalue weighted by Gasteiger charge is 2.10. The predicted octanol–water partition coefficient (Wildman–Crippen LogP) is 3.28. The molecule has 0 aromatic heterocycles. The zero-order valence-electron chi connectivity index (χ0n) is 11.9. The van der Waals surface area contributed by atoms with Crippen LogP contribution in [0, 0.1) is 6.92 Å². The molecule has 6 heteroatoms. The van der Waals surface area contributed by atoms with Gasteiger partial charge in [-0.2, -0.15) is 0 Å². The number of hydrogen-bond donors (Lipinski definition) is 2. The van der Waals surface area contributed by atoms with Gasteiger partial charge in [-0.25, -0.2) is 13.1 Å². The molecule has 112 valence electrons. The van der Waals surface area contributed by atoms with Gasteiger partial charge in [0.15, 0.2) is 0 Å². The molecule has 0 spiro atoms. The summed E-state index contributed by atoms with van der Waals surface area (Å²) in [6.07, 6.45) is 0. The van der Waals surface area contributed by atoms with E-state index in [1.165, 1.54) is 18.2 Å². The second-order valence-electron chi connectivity index (χ2n) is 4.67. The fourth-order valence-electron chi connectivity index (χ4n) is 1.89. The molecule has 21 heavy (non-hydrogen) atoms. The van der Waals surface area contributed by atoms with Crippen molar-refractivity contribution in [3.8, 4) is 0 Å². The molecule has 2 rings (SSSR count). The maximum absolute atomic E-state index is 11.6. The van der Waals surface area contributed by atoms with Gasteiger partial charge in [0, 0.05) is 16.7 Å². The third kappa shape index (κ3) is 4.06. The SMILES string of the molecule is CNS(=O)(=O)c1ccc(NCc2ccc(Br)c(C)c2)cc1. The normalized spacial score (nSPS) is 11.4. The highest BCUT2D eigenvalue weighted by atomic mass is 79.9. The Morgan fingerprint density at radius 1 is 1.10 bits per heavy atom. The fourth-order valence-corrected chi connectivity index (χ4v) is 2.87. The number of nitrogens with one attached hydrogen (secondary N) is 2. The van der Waals surface area contributed by atoms with Crippen LogP contribution in [-0.2, 0) is 16.6 Å². The molecule has 0 aliphatic rings. The van der Waals surface area contributed by atoms with E-state index in [-0.39, 0.29) is 4.90 Å². The van der Waals surface area contributed by atoms with Crippen molar-refractivity contribution in [3.63, 3.8) is 0 Å². The first-order chi connectivity index (χ1) is 9.92. The summed E-state index contributed by atoms with van der Waals surface area (Å²) in [4.78, 5) is 0.259. The number of sulfonamides is 1. The maximum Gasteiger partial charge on any atom is 0.240 e. The lowest BCUT2D eigenvalue weighted by Crippen LogP contribution is -2.18. The van der Waals surface area contributed by atoms with E-state index in [0.29, 0.717) is 6.54 Å². The van der Waals surface area contributed by atoms with Crippen LogP contribution >= 0.6 is 15.9 Å². The first-order valence-electron chi connectivity index (χ1n) is 6.45. The lowest BCUT2D eigenvalue weighted by molar-refractivity contribution is 0.588. The van der Waals surface area contributed by atoms with Crippen molar-refractivity contribution in [1.29, 1.82) is 0 Å². The van der Waals surface area contributed by atoms with E-state index in [0.717, 1.165) is 10.2 Å². The van der Waals surface area contributed by atoms with Crippen LogP contribution in [0.15, 0.2) is 51.8 Å². The average molecular weight is 369 g/mol. The molecule has 0 radical (unpaired) electrons. The largest absolute Gasteiger partial charge is 0.381 e. The van der Waals surface area contributed by atoms with E-state index in [2.05, 4.69) is 32.0 Å². The van der Waals surface area contributed by atoms with E-state index < -0.39 is 10.0 Å². The van der Waals surface area contributed by atoms with Gasteiger partial charge >= 0.3 is 0 Å². The van der Waals surface area contributed by atoms with Crippen molar-refractivity contribution >= 4 is 31.6 Å². The number of anilines is 1. The maximum atomic E-state index is 11.6. The highest BCUT2D eigenvalue weighted by Crippen LogP contribution is 2.19. The minimum atomic E-state index is -3.38. The van der Waals surface area contributed by atoms with Crippen LogP contribution in [0.2, 0.25) is 0 Å². The summed E-state index contributed by atoms with van der Waals surface area (Å²) in [7, 11) is -1.98. The molecule has 4 nitrogen and oxygen atoms in total. The van der Waals surface area contributed by atoms with Gasteiger partial charge in [-0.05, 0) is 55.4 Å². The Labute approximate surface area is 133 Å². The van der Waals surface area contributed by atoms with Crippen LogP contribution in [0.5, 0.6) is 0 Å². The number of rotatable bonds is 5. The average Bonchev–Trinajstić information content (AvgIpc) is 2.49. The van der Waals surface area contributed by atoms with Crippen molar-refractivity contribution in [2.75, 3.05) is 12.4 Å². The summed E-state index contributed by atoms with van der Waals surface area (Å²) >= 11 is 3.48. The summed E-state index contributed by atoms with van der Waals surface area (Å²) in [5.74, 6) is 0. The Kier molecular flexibility index (Phi) is 5.03. The predicted molar refractivity (Wildman–Crippen MR) is 88.9 cm³/mol. The Hall–Kier alpha value is -1.37. The van der Waals surface area contributed by atoms with Crippen LogP contribution < -0.4 is 10.0 Å². The molecule has 2 aromatic rings. The molecule has 0 amide bonds. The second-order valence-corrected chi connectivity index (χ2v) is 7.41. The molecule has 0 fully saturated rings. The minimum absolute atomic E-state index is 0.259. The van der Waals surface area contributed by atoms with Gasteiger partial charge in [0.2, 0.25) is 10.0 Å². The van der Waals surface area contributed by atoms with Gasteiger partial charge in [0.05, 0.1) is 4.90 Å². The van der Waals surface area contributed by atoms with E-state index in [9.17, 15) is 8.42 Å². The third-order valence-corrected chi connectivity index (χ3v) is 5.47. The minimum Gasteiger partial charge on any atom is -0.381 e. The van der Waals surface area contributed by atoms with Gasteiger partial charge in [0.1, 0.15) is 0 Å². The molecule has 0 saturated carbocycles. The van der Waals surface area contributed by atoms with E-state index in [4.69, 9.17) is 0 Å². The summed E-state index contributed by atoms with van der Waals surface area (Å²) < 4.78 is 26.6. The number of benzene rings is 2. The first-order valence-corrected chi connectivity index (χ1v) is 8.72. The molecule has 0 bridgehead atoms. The molecule has 2 aromatic carbocycles. The smallest absolute Gasteiger partial charge is 0.240 e. The van der Waals surface area contributed by atoms with Gasteiger partial charge in [-0.15, -0.1) is 0 Å². The Balaban J connectivity index is 2.05. The zero-order chi connectivity index (χ0) is 15.5. The van der Waals surface area contributed by atoms with Crippen LogP contribution in [0.25, 0.3) is 0 Å². The first kappa shape index (κ1) is 16.0. The van der Waals surface area contributed by atoms with Crippen molar-refractivity contribution in [1.82, 2.24) is 4.72 Å². The Morgan fingerprint density at radius 2 is 1.76 bits per heavy atom. The van der Waals surface area contributed by atoms with Crippen molar-refractivity contribution in [3.05, 3.63) is 58.1 Å². The zero-order valence-corrected chi connectivity index (χ0v) is 14.3. The van der Waals surface area contributed by atoms with Crippen LogP contribution in [-0.4, -0.2) is 15.5 Å². The monoisotopic (exact) mass is 368 g/mol. The molecule has 0 aliphatic carbocycles. The van der Waals surface area contributed by atoms with Crippen molar-refractivity contribution in [2.45, 2.75) is 18.4 Å². The standard InChI is InChI=1S/C15H17BrN2O2S/c1-11-9-12(3-8-15(11)16)10-18-13-4-6-14(7-5-13)21(19,20)17-2/h3-9,17-18H,10H2,1-2H3. The Bertz CT molecular complexity index is 728. The molecule has 2 N–H and O–H groups in total. The molecule has 0 heterocycles. The lowest BCUT2D eigenvalue weighted by atomic mass is 10.1. The molecule has 0 atom stereocenters. The van der Waals surface area contributed by atoms with E-state index in [1.807, 2.05) is 19.1 Å². The van der Waals surface area contributed by atoms with Gasteiger partial charge in [-0.1, -0.05) is 28.1 Å². The van der Waals surface area contributed by atoms with Gasteiger partial charge in [-0.3, -0.25) is 0 Å². The van der Waals surface area contributed by atoms with E-state index >= 15 is 0 Å². The number of hydrogen-bond acceptors (Lipinski definition) is 3. The van der Waals surface area contributed by atoms with Gasteiger partial charge < -0.3 is 5.32 Å². The molecule has 0 unspecified atom stereocenters. The number of aryl methyl sites for hydroxylation is 1. The summed E-state index contributed by atoms with van der Waals surface area (Å²) in [6, 6.07) is 12.9. The van der Waals surface area contributed by atoms with E-state index in [1.54, 1.807) is 24.3 Å². The molecular weight excluding hydrogens is 352 g/mol. The van der Waals surface area contributed by atoms with Crippen LogP contribution in [0.3, 0.4) is 0 Å². The summed E-state index contributed by atoms with van der Waals surface area (Å²) in [6.45, 7) is 2.73. The summed E-state index contributed by atoms with van der Waals surface area (Å²) in [5, 5.41) is 3.27. The second kappa shape index (κ2) is 6.60. The van der Waals surface area contributed by atoms with Crippen LogP contribution in [0.4, 0.5) is 5.69 Å². The molecule has 0 saturated heterocycles. The molecule has 0 aliphatic heterocycles. The lowest BCUT2D eigenvalue weighted by Gasteiger charge is -2.09. The summed E-state index contributed by atoms with van der Waals surface area (Å²) in [5.41, 5.74) is 3.23. The quantitative estimate of drug-likeness (QED) is 0.851. The van der Waals surface area contributed by atoms with Crippen LogP contribution in [0.1, 0.15) is 11.1 Å². The van der Waals surface area contributed by atoms with Gasteiger partial charge in [0.25, 0.3) is 0 Å². The third-order valence-electron chi connectivity index (χ3n) is 3.15. The fraction of sp³-hybridized carbons (Fsp3) is 0.200. The van der Waals surface area contributed by atoms with Crippen molar-refractivity contribution in [2.24, 2.45) is 0 Å². The highest BCUT2D eigenvalue weighted by molar-refractivity contribution is 9.10. The molecular formula is C15H17BrN2O2S. The topological polar surface area (TPSA) is 58.2 Å². The van der Waals surface area contributed by atoms with Crippen molar-refractivity contribution < 1.29 is 8.42 Å².